The number of sulfone groups is 1. The van der Waals surface area contributed by atoms with Crippen molar-refractivity contribution in [2.24, 2.45) is 0 Å². The Labute approximate surface area is 159 Å². The molecular weight excluding hydrogens is 393 g/mol. The fourth-order valence-corrected chi connectivity index (χ4v) is 3.69. The molecule has 1 heterocycles. The Bertz CT molecular complexity index is 1060. The van der Waals surface area contributed by atoms with Crippen LogP contribution < -0.4 is 0 Å². The van der Waals surface area contributed by atoms with E-state index >= 15 is 0 Å². The van der Waals surface area contributed by atoms with Crippen molar-refractivity contribution in [2.75, 3.05) is 0 Å². The monoisotopic (exact) mass is 408 g/mol. The summed E-state index contributed by atoms with van der Waals surface area (Å²) < 4.78 is 63.8. The predicted molar refractivity (Wildman–Crippen MR) is 95.0 cm³/mol. The highest BCUT2D eigenvalue weighted by molar-refractivity contribution is 7.91. The molecule has 2 aromatic carbocycles. The maximum absolute atomic E-state index is 12.9. The molecule has 146 valence electrons. The zero-order chi connectivity index (χ0) is 20.6. The van der Waals surface area contributed by atoms with E-state index in [4.69, 9.17) is 0 Å². The van der Waals surface area contributed by atoms with Gasteiger partial charge in [0.15, 0.2) is 11.4 Å². The summed E-state index contributed by atoms with van der Waals surface area (Å²) in [6.07, 6.45) is -3.08. The van der Waals surface area contributed by atoms with Gasteiger partial charge in [0.25, 0.3) is 0 Å². The second kappa shape index (κ2) is 6.99. The lowest BCUT2D eigenvalue weighted by atomic mass is 9.98. The van der Waals surface area contributed by atoms with Gasteiger partial charge in [-0.1, -0.05) is 18.2 Å². The van der Waals surface area contributed by atoms with Crippen molar-refractivity contribution in [1.82, 2.24) is 9.97 Å². The standard InChI is InChI=1S/C19H15F3N2O3S/c1-18(25,19(20,21)22)14-11-23-17(24-12-14)13-7-9-16(10-8-13)28(26,27)15-5-3-2-4-6-15/h2-12,25H,1H3. The first kappa shape index (κ1) is 20.0. The molecule has 1 atom stereocenters. The third-order valence-electron chi connectivity index (χ3n) is 4.24. The Hall–Kier alpha value is -2.78. The van der Waals surface area contributed by atoms with Crippen LogP contribution in [0.5, 0.6) is 0 Å². The number of alkyl halides is 3. The zero-order valence-corrected chi connectivity index (χ0v) is 15.4. The van der Waals surface area contributed by atoms with E-state index < -0.39 is 27.2 Å². The number of rotatable bonds is 4. The quantitative estimate of drug-likeness (QED) is 0.711. The molecule has 1 N–H and O–H groups in total. The molecule has 0 aliphatic heterocycles. The van der Waals surface area contributed by atoms with Gasteiger partial charge in [-0.15, -0.1) is 0 Å². The number of nitrogens with zero attached hydrogens (tertiary/aromatic N) is 2. The average Bonchev–Trinajstić information content (AvgIpc) is 2.68. The second-order valence-electron chi connectivity index (χ2n) is 6.21. The molecule has 0 aliphatic rings. The van der Waals surface area contributed by atoms with Crippen LogP contribution in [0, 0.1) is 0 Å². The van der Waals surface area contributed by atoms with Crippen LogP contribution in [0.1, 0.15) is 12.5 Å². The Balaban J connectivity index is 1.89. The van der Waals surface area contributed by atoms with Crippen molar-refractivity contribution < 1.29 is 26.7 Å². The summed E-state index contributed by atoms with van der Waals surface area (Å²) >= 11 is 0. The molecule has 0 bridgehead atoms. The van der Waals surface area contributed by atoms with Crippen molar-refractivity contribution in [2.45, 2.75) is 28.5 Å². The van der Waals surface area contributed by atoms with Crippen molar-refractivity contribution in [3.05, 3.63) is 72.6 Å². The summed E-state index contributed by atoms with van der Waals surface area (Å²) in [5, 5.41) is 9.65. The summed E-state index contributed by atoms with van der Waals surface area (Å²) in [6.45, 7) is 0.620. The Kier molecular flexibility index (Phi) is 4.99. The largest absolute Gasteiger partial charge is 0.421 e. The van der Waals surface area contributed by atoms with Crippen LogP contribution >= 0.6 is 0 Å². The lowest BCUT2D eigenvalue weighted by molar-refractivity contribution is -0.259. The van der Waals surface area contributed by atoms with Crippen LogP contribution in [0.3, 0.4) is 0 Å². The highest BCUT2D eigenvalue weighted by Crippen LogP contribution is 2.38. The maximum atomic E-state index is 12.9. The van der Waals surface area contributed by atoms with Gasteiger partial charge in [-0.25, -0.2) is 18.4 Å². The molecule has 5 nitrogen and oxygen atoms in total. The number of aliphatic hydroxyl groups is 1. The summed E-state index contributed by atoms with van der Waals surface area (Å²) in [7, 11) is -3.68. The minimum atomic E-state index is -4.87. The van der Waals surface area contributed by atoms with E-state index in [1.807, 2.05) is 0 Å². The fraction of sp³-hybridized carbons (Fsp3) is 0.158. The molecule has 0 spiro atoms. The first-order valence-electron chi connectivity index (χ1n) is 8.06. The minimum Gasteiger partial charge on any atom is -0.376 e. The van der Waals surface area contributed by atoms with Crippen LogP contribution in [-0.2, 0) is 15.4 Å². The van der Waals surface area contributed by atoms with E-state index in [9.17, 15) is 26.7 Å². The van der Waals surface area contributed by atoms with Crippen LogP contribution in [0.4, 0.5) is 13.2 Å². The van der Waals surface area contributed by atoms with Crippen LogP contribution in [0.25, 0.3) is 11.4 Å². The summed E-state index contributed by atoms with van der Waals surface area (Å²) in [5.74, 6) is 0.102. The van der Waals surface area contributed by atoms with E-state index in [2.05, 4.69) is 9.97 Å². The third kappa shape index (κ3) is 3.63. The van der Waals surface area contributed by atoms with Crippen molar-refractivity contribution in [1.29, 1.82) is 0 Å². The van der Waals surface area contributed by atoms with Crippen LogP contribution in [0.2, 0.25) is 0 Å². The van der Waals surface area contributed by atoms with Crippen LogP contribution in [0.15, 0.2) is 76.8 Å². The lowest BCUT2D eigenvalue weighted by Gasteiger charge is -2.25. The molecule has 0 radical (unpaired) electrons. The van der Waals surface area contributed by atoms with Crippen molar-refractivity contribution in [3.63, 3.8) is 0 Å². The molecule has 0 fully saturated rings. The summed E-state index contributed by atoms with van der Waals surface area (Å²) in [4.78, 5) is 7.94. The second-order valence-corrected chi connectivity index (χ2v) is 8.16. The number of halogens is 3. The SMILES string of the molecule is CC(O)(c1cnc(-c2ccc(S(=O)(=O)c3ccccc3)cc2)nc1)C(F)(F)F. The number of hydrogen-bond donors (Lipinski definition) is 1. The molecule has 0 aliphatic carbocycles. The average molecular weight is 408 g/mol. The zero-order valence-electron chi connectivity index (χ0n) is 14.6. The third-order valence-corrected chi connectivity index (χ3v) is 6.03. The molecule has 28 heavy (non-hydrogen) atoms. The van der Waals surface area contributed by atoms with Gasteiger partial charge in [-0.05, 0) is 43.3 Å². The molecule has 0 saturated carbocycles. The van der Waals surface area contributed by atoms with Crippen LogP contribution in [-0.4, -0.2) is 29.7 Å². The van der Waals surface area contributed by atoms with E-state index in [0.717, 1.165) is 12.4 Å². The van der Waals surface area contributed by atoms with Gasteiger partial charge in [-0.2, -0.15) is 13.2 Å². The van der Waals surface area contributed by atoms with Gasteiger partial charge in [0.2, 0.25) is 9.84 Å². The van der Waals surface area contributed by atoms with Gasteiger partial charge < -0.3 is 5.11 Å². The molecule has 3 aromatic rings. The molecule has 1 aromatic heterocycles. The first-order valence-corrected chi connectivity index (χ1v) is 9.54. The molecule has 9 heteroatoms. The molecule has 1 unspecified atom stereocenters. The lowest BCUT2D eigenvalue weighted by Crippen LogP contribution is -2.39. The Morgan fingerprint density at radius 3 is 1.86 bits per heavy atom. The molecule has 0 saturated heterocycles. The molecular formula is C19H15F3N2O3S. The van der Waals surface area contributed by atoms with Gasteiger partial charge in [-0.3, -0.25) is 0 Å². The number of hydrogen-bond acceptors (Lipinski definition) is 5. The van der Waals surface area contributed by atoms with Crippen molar-refractivity contribution in [3.8, 4) is 11.4 Å². The summed E-state index contributed by atoms with van der Waals surface area (Å²) in [5.41, 5.74) is -3.14. The fourth-order valence-electron chi connectivity index (χ4n) is 2.41. The smallest absolute Gasteiger partial charge is 0.376 e. The highest BCUT2D eigenvalue weighted by Gasteiger charge is 2.51. The Morgan fingerprint density at radius 1 is 0.857 bits per heavy atom. The number of benzene rings is 2. The van der Waals surface area contributed by atoms with Gasteiger partial charge in [0.05, 0.1) is 9.79 Å². The number of aromatic nitrogens is 2. The van der Waals surface area contributed by atoms with Gasteiger partial charge in [0, 0.05) is 23.5 Å². The van der Waals surface area contributed by atoms with E-state index in [1.165, 1.54) is 36.4 Å². The summed E-state index contributed by atoms with van der Waals surface area (Å²) in [6, 6.07) is 13.6. The van der Waals surface area contributed by atoms with Gasteiger partial charge in [0.1, 0.15) is 0 Å². The highest BCUT2D eigenvalue weighted by atomic mass is 32.2. The normalized spacial score (nSPS) is 14.5. The topological polar surface area (TPSA) is 80.2 Å². The van der Waals surface area contributed by atoms with E-state index in [-0.39, 0.29) is 15.6 Å². The van der Waals surface area contributed by atoms with Gasteiger partial charge >= 0.3 is 6.18 Å². The maximum Gasteiger partial charge on any atom is 0.421 e. The van der Waals surface area contributed by atoms with Crippen molar-refractivity contribution >= 4 is 9.84 Å². The minimum absolute atomic E-state index is 0.0686. The predicted octanol–water partition coefficient (Wildman–Crippen LogP) is 3.75. The molecule has 3 rings (SSSR count). The van der Waals surface area contributed by atoms with E-state index in [1.54, 1.807) is 18.2 Å². The first-order chi connectivity index (χ1) is 13.0. The Morgan fingerprint density at radius 2 is 1.36 bits per heavy atom. The van der Waals surface area contributed by atoms with E-state index in [0.29, 0.717) is 12.5 Å². The molecule has 0 amide bonds.